The monoisotopic (exact) mass is 401 g/mol. The molecule has 1 fully saturated rings. The van der Waals surface area contributed by atoms with E-state index in [9.17, 15) is 14.0 Å². The predicted molar refractivity (Wildman–Crippen MR) is 107 cm³/mol. The lowest BCUT2D eigenvalue weighted by Gasteiger charge is -2.23. The Morgan fingerprint density at radius 2 is 1.82 bits per heavy atom. The number of rotatable bonds is 6. The van der Waals surface area contributed by atoms with Crippen LogP contribution in [0, 0.1) is 5.82 Å². The number of hydrogen-bond acceptors (Lipinski definition) is 4. The van der Waals surface area contributed by atoms with Crippen LogP contribution in [0.15, 0.2) is 48.5 Å². The maximum atomic E-state index is 13.1. The Morgan fingerprint density at radius 3 is 2.43 bits per heavy atom. The zero-order chi connectivity index (χ0) is 20.3. The summed E-state index contributed by atoms with van der Waals surface area (Å²) in [5, 5.41) is 3.12. The fourth-order valence-electron chi connectivity index (χ4n) is 3.00. The summed E-state index contributed by atoms with van der Waals surface area (Å²) in [4.78, 5) is 28.1. The molecule has 0 spiro atoms. The van der Waals surface area contributed by atoms with Crippen LogP contribution in [0.5, 0.6) is 5.75 Å². The van der Waals surface area contributed by atoms with Gasteiger partial charge in [0.05, 0.1) is 13.5 Å². The number of carbonyl (C=O) groups is 2. The Morgan fingerprint density at radius 1 is 1.18 bits per heavy atom. The Kier molecular flexibility index (Phi) is 5.89. The summed E-state index contributed by atoms with van der Waals surface area (Å²) in [5.41, 5.74) is 1.41. The molecule has 1 aliphatic heterocycles. The minimum atomic E-state index is -0.708. The molecule has 6 nitrogen and oxygen atoms in total. The molecule has 0 bridgehead atoms. The van der Waals surface area contributed by atoms with Crippen molar-refractivity contribution in [3.05, 3.63) is 59.9 Å². The van der Waals surface area contributed by atoms with Gasteiger partial charge in [0, 0.05) is 19.3 Å². The first-order chi connectivity index (χ1) is 13.4. The molecule has 1 atom stereocenters. The number of nitrogens with zero attached hydrogens (tertiary/aromatic N) is 2. The minimum Gasteiger partial charge on any atom is -0.497 e. The van der Waals surface area contributed by atoms with Crippen LogP contribution < -0.4 is 10.1 Å². The van der Waals surface area contributed by atoms with E-state index in [0.717, 1.165) is 5.56 Å². The summed E-state index contributed by atoms with van der Waals surface area (Å²) in [7, 11) is 3.15. The number of benzene rings is 2. The molecule has 0 unspecified atom stereocenters. The standard InChI is InChI=1S/C20H20FN3O3S/c1-23-19(26)17(11-18(25)22-15-7-9-16(27-2)10-8-15)24(20(23)28)12-13-3-5-14(21)6-4-13/h3-10,17H,11-12H2,1-2H3,(H,22,25)/t17-/m0/s1. The van der Waals surface area contributed by atoms with Crippen LogP contribution in [-0.4, -0.2) is 46.9 Å². The lowest BCUT2D eigenvalue weighted by Crippen LogP contribution is -2.37. The highest BCUT2D eigenvalue weighted by Gasteiger charge is 2.41. The van der Waals surface area contributed by atoms with Gasteiger partial charge in [-0.2, -0.15) is 0 Å². The normalized spacial score (nSPS) is 16.5. The fourth-order valence-corrected chi connectivity index (χ4v) is 3.28. The third-order valence-electron chi connectivity index (χ3n) is 4.54. The summed E-state index contributed by atoms with van der Waals surface area (Å²) >= 11 is 5.36. The molecule has 1 aliphatic rings. The fraction of sp³-hybridized carbons (Fsp3) is 0.250. The maximum Gasteiger partial charge on any atom is 0.251 e. The molecule has 0 aromatic heterocycles. The molecule has 146 valence electrons. The van der Waals surface area contributed by atoms with Crippen molar-refractivity contribution in [3.8, 4) is 5.75 Å². The quantitative estimate of drug-likeness (QED) is 0.755. The number of ether oxygens (including phenoxy) is 1. The number of halogens is 1. The van der Waals surface area contributed by atoms with Gasteiger partial charge in [0.25, 0.3) is 5.91 Å². The van der Waals surface area contributed by atoms with Gasteiger partial charge >= 0.3 is 0 Å². The van der Waals surface area contributed by atoms with Crippen molar-refractivity contribution in [2.75, 3.05) is 19.5 Å². The number of thiocarbonyl (C=S) groups is 1. The molecule has 1 saturated heterocycles. The number of likely N-dealkylation sites (N-methyl/N-ethyl adjacent to an activating group) is 1. The van der Waals surface area contributed by atoms with Crippen LogP contribution in [-0.2, 0) is 16.1 Å². The van der Waals surface area contributed by atoms with Crippen LogP contribution in [0.25, 0.3) is 0 Å². The van der Waals surface area contributed by atoms with Gasteiger partial charge in [-0.25, -0.2) is 4.39 Å². The molecular formula is C20H20FN3O3S. The molecule has 0 saturated carbocycles. The number of amides is 2. The Hall–Kier alpha value is -3.00. The van der Waals surface area contributed by atoms with Gasteiger partial charge in [-0.3, -0.25) is 14.5 Å². The van der Waals surface area contributed by atoms with E-state index in [0.29, 0.717) is 23.1 Å². The Balaban J connectivity index is 1.71. The molecule has 0 radical (unpaired) electrons. The second-order valence-corrected chi connectivity index (χ2v) is 6.80. The van der Waals surface area contributed by atoms with E-state index < -0.39 is 6.04 Å². The summed E-state index contributed by atoms with van der Waals surface area (Å²) in [6, 6.07) is 12.2. The first-order valence-corrected chi connectivity index (χ1v) is 9.06. The van der Waals surface area contributed by atoms with E-state index in [4.69, 9.17) is 17.0 Å². The molecule has 1 N–H and O–H groups in total. The van der Waals surface area contributed by atoms with E-state index in [1.165, 1.54) is 17.0 Å². The third-order valence-corrected chi connectivity index (χ3v) is 5.05. The largest absolute Gasteiger partial charge is 0.497 e. The first-order valence-electron chi connectivity index (χ1n) is 8.65. The highest BCUT2D eigenvalue weighted by Crippen LogP contribution is 2.23. The first kappa shape index (κ1) is 19.8. The summed E-state index contributed by atoms with van der Waals surface area (Å²) in [5.74, 6) is -0.194. The van der Waals surface area contributed by atoms with Crippen LogP contribution >= 0.6 is 12.2 Å². The molecule has 2 aromatic carbocycles. The molecular weight excluding hydrogens is 381 g/mol. The van der Waals surface area contributed by atoms with Crippen molar-refractivity contribution in [2.24, 2.45) is 0 Å². The highest BCUT2D eigenvalue weighted by atomic mass is 32.1. The SMILES string of the molecule is COc1ccc(NC(=O)C[C@H]2C(=O)N(C)C(=S)N2Cc2ccc(F)cc2)cc1. The minimum absolute atomic E-state index is 0.0451. The van der Waals surface area contributed by atoms with E-state index in [1.807, 2.05) is 0 Å². The average Bonchev–Trinajstić information content (AvgIpc) is 2.88. The van der Waals surface area contributed by atoms with Crippen LogP contribution in [0.2, 0.25) is 0 Å². The van der Waals surface area contributed by atoms with Gasteiger partial charge in [-0.15, -0.1) is 0 Å². The number of anilines is 1. The average molecular weight is 401 g/mol. The molecule has 3 rings (SSSR count). The van der Waals surface area contributed by atoms with Crippen LogP contribution in [0.1, 0.15) is 12.0 Å². The van der Waals surface area contributed by atoms with Crippen LogP contribution in [0.4, 0.5) is 10.1 Å². The summed E-state index contributed by atoms with van der Waals surface area (Å²) in [6.45, 7) is 0.315. The van der Waals surface area contributed by atoms with E-state index in [1.54, 1.807) is 55.5 Å². The molecule has 0 aliphatic carbocycles. The number of nitrogens with one attached hydrogen (secondary N) is 1. The zero-order valence-corrected chi connectivity index (χ0v) is 16.3. The second kappa shape index (κ2) is 8.35. The Bertz CT molecular complexity index is 887. The van der Waals surface area contributed by atoms with E-state index in [2.05, 4.69) is 5.32 Å². The number of carbonyl (C=O) groups excluding carboxylic acids is 2. The van der Waals surface area contributed by atoms with Gasteiger partial charge in [0.15, 0.2) is 5.11 Å². The third kappa shape index (κ3) is 4.28. The maximum absolute atomic E-state index is 13.1. The highest BCUT2D eigenvalue weighted by molar-refractivity contribution is 7.80. The zero-order valence-electron chi connectivity index (χ0n) is 15.5. The Labute approximate surface area is 167 Å². The van der Waals surface area contributed by atoms with Gasteiger partial charge in [-0.1, -0.05) is 12.1 Å². The molecule has 8 heteroatoms. The van der Waals surface area contributed by atoms with Crippen molar-refractivity contribution >= 4 is 34.8 Å². The van der Waals surface area contributed by atoms with Crippen LogP contribution in [0.3, 0.4) is 0 Å². The molecule has 2 aromatic rings. The smallest absolute Gasteiger partial charge is 0.251 e. The summed E-state index contributed by atoms with van der Waals surface area (Å²) in [6.07, 6.45) is -0.0451. The number of methoxy groups -OCH3 is 1. The molecule has 2 amide bonds. The second-order valence-electron chi connectivity index (χ2n) is 6.43. The topological polar surface area (TPSA) is 61.9 Å². The van der Waals surface area contributed by atoms with Crippen molar-refractivity contribution in [2.45, 2.75) is 19.0 Å². The van der Waals surface area contributed by atoms with E-state index >= 15 is 0 Å². The van der Waals surface area contributed by atoms with Crippen molar-refractivity contribution in [1.82, 2.24) is 9.80 Å². The summed E-state index contributed by atoms with van der Waals surface area (Å²) < 4.78 is 18.2. The molecule has 28 heavy (non-hydrogen) atoms. The van der Waals surface area contributed by atoms with Gasteiger partial charge in [-0.05, 0) is 54.2 Å². The van der Waals surface area contributed by atoms with Gasteiger partial charge in [0.1, 0.15) is 17.6 Å². The van der Waals surface area contributed by atoms with E-state index in [-0.39, 0.29) is 24.1 Å². The van der Waals surface area contributed by atoms with Gasteiger partial charge in [0.2, 0.25) is 5.91 Å². The van der Waals surface area contributed by atoms with Crippen molar-refractivity contribution in [3.63, 3.8) is 0 Å². The predicted octanol–water partition coefficient (Wildman–Crippen LogP) is 2.79. The molecule has 1 heterocycles. The van der Waals surface area contributed by atoms with Gasteiger partial charge < -0.3 is 15.0 Å². The lowest BCUT2D eigenvalue weighted by atomic mass is 10.1. The lowest BCUT2D eigenvalue weighted by molar-refractivity contribution is -0.130. The van der Waals surface area contributed by atoms with Crippen molar-refractivity contribution < 1.29 is 18.7 Å². The number of hydrogen-bond donors (Lipinski definition) is 1. The van der Waals surface area contributed by atoms with Crippen molar-refractivity contribution in [1.29, 1.82) is 0 Å².